The highest BCUT2D eigenvalue weighted by molar-refractivity contribution is 7.92. The van der Waals surface area contributed by atoms with E-state index in [1.54, 1.807) is 12.1 Å². The number of nitrogens with zero attached hydrogens (tertiary/aromatic N) is 1. The molecule has 36 heavy (non-hydrogen) atoms. The molecule has 1 aliphatic rings. The highest BCUT2D eigenvalue weighted by atomic mass is 32.2. The number of carbonyl (C=O) groups excluding carboxylic acids is 1. The first-order valence-electron chi connectivity index (χ1n) is 12.4. The molecule has 5 N–H and O–H groups in total. The number of nitrogens with two attached hydrogens (primary N) is 1. The maximum atomic E-state index is 13.2. The molecular weight excluding hydrogens is 474 g/mol. The lowest BCUT2D eigenvalue weighted by molar-refractivity contribution is -0.127. The van der Waals surface area contributed by atoms with Crippen LogP contribution in [0.2, 0.25) is 0 Å². The highest BCUT2D eigenvalue weighted by Crippen LogP contribution is 2.30. The zero-order valence-electron chi connectivity index (χ0n) is 20.8. The smallest absolute Gasteiger partial charge is 0.229 e. The van der Waals surface area contributed by atoms with Crippen LogP contribution in [0.15, 0.2) is 54.6 Å². The molecule has 3 aromatic rings. The molecule has 1 fully saturated rings. The minimum atomic E-state index is -3.34. The molecule has 1 atom stereocenters. The maximum absolute atomic E-state index is 13.2. The topological polar surface area (TPSA) is 130 Å². The molecule has 1 heterocycles. The van der Waals surface area contributed by atoms with Gasteiger partial charge in [-0.15, -0.1) is 0 Å². The largest absolute Gasteiger partial charge is 0.346 e. The van der Waals surface area contributed by atoms with E-state index < -0.39 is 10.0 Å². The minimum absolute atomic E-state index is 0.00325. The van der Waals surface area contributed by atoms with Crippen molar-refractivity contribution in [3.8, 4) is 11.3 Å². The lowest BCUT2D eigenvalue weighted by Crippen LogP contribution is -2.37. The second kappa shape index (κ2) is 11.3. The van der Waals surface area contributed by atoms with Crippen LogP contribution in [0.5, 0.6) is 0 Å². The number of aryl methyl sites for hydroxylation is 1. The average Bonchev–Trinajstić information content (AvgIpc) is 3.25. The van der Waals surface area contributed by atoms with E-state index in [1.807, 2.05) is 37.3 Å². The second-order valence-electron chi connectivity index (χ2n) is 9.75. The van der Waals surface area contributed by atoms with Gasteiger partial charge in [0.25, 0.3) is 0 Å². The molecule has 2 aromatic carbocycles. The normalized spacial score (nSPS) is 19.0. The molecule has 9 heteroatoms. The molecule has 0 bridgehead atoms. The van der Waals surface area contributed by atoms with E-state index in [4.69, 9.17) is 10.7 Å². The summed E-state index contributed by atoms with van der Waals surface area (Å²) in [5.41, 5.74) is 9.94. The van der Waals surface area contributed by atoms with Crippen molar-refractivity contribution in [1.29, 1.82) is 0 Å². The minimum Gasteiger partial charge on any atom is -0.346 e. The number of sulfonamides is 1. The Morgan fingerprint density at radius 2 is 1.75 bits per heavy atom. The summed E-state index contributed by atoms with van der Waals surface area (Å²) in [5, 5.41) is 3.27. The molecule has 1 aromatic heterocycles. The van der Waals surface area contributed by atoms with Gasteiger partial charge in [-0.2, -0.15) is 0 Å². The van der Waals surface area contributed by atoms with Gasteiger partial charge in [0.2, 0.25) is 15.9 Å². The number of aromatic amines is 1. The Balaban J connectivity index is 1.56. The summed E-state index contributed by atoms with van der Waals surface area (Å²) in [7, 11) is -3.34. The van der Waals surface area contributed by atoms with Gasteiger partial charge in [-0.25, -0.2) is 13.4 Å². The highest BCUT2D eigenvalue weighted by Gasteiger charge is 2.28. The Morgan fingerprint density at radius 3 is 2.36 bits per heavy atom. The third-order valence-corrected chi connectivity index (χ3v) is 7.45. The van der Waals surface area contributed by atoms with E-state index in [0.29, 0.717) is 30.4 Å². The summed E-state index contributed by atoms with van der Waals surface area (Å²) in [6.45, 7) is 2.63. The predicted molar refractivity (Wildman–Crippen MR) is 143 cm³/mol. The van der Waals surface area contributed by atoms with Gasteiger partial charge in [-0.1, -0.05) is 42.5 Å². The lowest BCUT2D eigenvalue weighted by atomic mass is 9.81. The molecule has 0 saturated heterocycles. The number of carbonyl (C=O) groups is 1. The summed E-state index contributed by atoms with van der Waals surface area (Å²) < 4.78 is 25.5. The van der Waals surface area contributed by atoms with Crippen molar-refractivity contribution < 1.29 is 13.2 Å². The summed E-state index contributed by atoms with van der Waals surface area (Å²) >= 11 is 0. The van der Waals surface area contributed by atoms with Crippen LogP contribution in [0.25, 0.3) is 11.3 Å². The number of nitrogens with one attached hydrogen (secondary N) is 3. The molecule has 0 radical (unpaired) electrons. The molecule has 1 saturated carbocycles. The zero-order chi connectivity index (χ0) is 25.7. The lowest BCUT2D eigenvalue weighted by Gasteiger charge is -2.28. The summed E-state index contributed by atoms with van der Waals surface area (Å²) in [5.74, 6) is 1.28. The fraction of sp³-hybridized carbons (Fsp3) is 0.407. The first-order chi connectivity index (χ1) is 17.2. The van der Waals surface area contributed by atoms with E-state index >= 15 is 0 Å². The molecule has 1 aliphatic carbocycles. The van der Waals surface area contributed by atoms with Crippen molar-refractivity contribution >= 4 is 21.6 Å². The Hall–Kier alpha value is -3.17. The molecule has 0 aliphatic heterocycles. The number of hydrogen-bond donors (Lipinski definition) is 4. The Bertz CT molecular complexity index is 1260. The van der Waals surface area contributed by atoms with Crippen LogP contribution in [0.4, 0.5) is 5.69 Å². The predicted octanol–water partition coefficient (Wildman–Crippen LogP) is 3.92. The number of hydrogen-bond acceptors (Lipinski definition) is 5. The van der Waals surface area contributed by atoms with Gasteiger partial charge in [0.05, 0.1) is 18.0 Å². The van der Waals surface area contributed by atoms with Gasteiger partial charge in [-0.3, -0.25) is 9.52 Å². The number of H-pyrrole nitrogens is 1. The number of amides is 1. The molecule has 192 valence electrons. The van der Waals surface area contributed by atoms with E-state index in [9.17, 15) is 13.2 Å². The van der Waals surface area contributed by atoms with Crippen molar-refractivity contribution in [3.05, 3.63) is 71.7 Å². The zero-order valence-corrected chi connectivity index (χ0v) is 21.6. The van der Waals surface area contributed by atoms with E-state index in [2.05, 4.69) is 27.2 Å². The van der Waals surface area contributed by atoms with Crippen molar-refractivity contribution in [2.75, 3.05) is 17.5 Å². The SMILES string of the molecule is Cc1[nH]c([C@H](Cc2ccccc2)NC(=O)C2CCC(CN)CC2)nc1-c1ccc(NS(C)(=O)=O)cc1. The second-order valence-corrected chi connectivity index (χ2v) is 11.5. The molecule has 1 amide bonds. The average molecular weight is 510 g/mol. The molecule has 4 rings (SSSR count). The number of benzene rings is 2. The van der Waals surface area contributed by atoms with Crippen LogP contribution >= 0.6 is 0 Å². The molecule has 8 nitrogen and oxygen atoms in total. The number of rotatable bonds is 9. The third kappa shape index (κ3) is 6.73. The fourth-order valence-electron chi connectivity index (χ4n) is 4.86. The molecular formula is C27H35N5O3S. The van der Waals surface area contributed by atoms with Crippen LogP contribution in [-0.2, 0) is 21.2 Å². The summed E-state index contributed by atoms with van der Waals surface area (Å²) in [6, 6.07) is 16.9. The monoisotopic (exact) mass is 509 g/mol. The van der Waals surface area contributed by atoms with Gasteiger partial charge in [0, 0.05) is 22.9 Å². The summed E-state index contributed by atoms with van der Waals surface area (Å²) in [6.07, 6.45) is 5.45. The van der Waals surface area contributed by atoms with E-state index in [1.165, 1.54) is 0 Å². The van der Waals surface area contributed by atoms with E-state index in [0.717, 1.165) is 54.5 Å². The van der Waals surface area contributed by atoms with Crippen molar-refractivity contribution in [2.24, 2.45) is 17.6 Å². The Morgan fingerprint density at radius 1 is 1.08 bits per heavy atom. The van der Waals surface area contributed by atoms with Gasteiger partial charge >= 0.3 is 0 Å². The van der Waals surface area contributed by atoms with Gasteiger partial charge in [0.1, 0.15) is 5.82 Å². The Kier molecular flexibility index (Phi) is 8.11. The van der Waals surface area contributed by atoms with Crippen molar-refractivity contribution in [2.45, 2.75) is 45.1 Å². The van der Waals surface area contributed by atoms with Gasteiger partial charge in [-0.05, 0) is 69.2 Å². The third-order valence-electron chi connectivity index (χ3n) is 6.84. The fourth-order valence-corrected chi connectivity index (χ4v) is 5.42. The van der Waals surface area contributed by atoms with Crippen LogP contribution in [0.3, 0.4) is 0 Å². The van der Waals surface area contributed by atoms with Crippen molar-refractivity contribution in [1.82, 2.24) is 15.3 Å². The van der Waals surface area contributed by atoms with Gasteiger partial charge < -0.3 is 16.0 Å². The number of aromatic nitrogens is 2. The van der Waals surface area contributed by atoms with Gasteiger partial charge in [0.15, 0.2) is 0 Å². The maximum Gasteiger partial charge on any atom is 0.229 e. The first-order valence-corrected chi connectivity index (χ1v) is 14.3. The van der Waals surface area contributed by atoms with E-state index in [-0.39, 0.29) is 17.9 Å². The molecule has 0 spiro atoms. The van der Waals surface area contributed by atoms with Crippen LogP contribution in [-0.4, -0.2) is 37.1 Å². The number of anilines is 1. The number of imidazole rings is 1. The van der Waals surface area contributed by atoms with Crippen LogP contribution in [0.1, 0.15) is 48.8 Å². The van der Waals surface area contributed by atoms with Crippen molar-refractivity contribution in [3.63, 3.8) is 0 Å². The van der Waals surface area contributed by atoms with Crippen LogP contribution < -0.4 is 15.8 Å². The first kappa shape index (κ1) is 25.9. The van der Waals surface area contributed by atoms with Crippen LogP contribution in [0, 0.1) is 18.8 Å². The molecule has 0 unspecified atom stereocenters. The quantitative estimate of drug-likeness (QED) is 0.347. The Labute approximate surface area is 213 Å². The summed E-state index contributed by atoms with van der Waals surface area (Å²) in [4.78, 5) is 21.5. The standard InChI is InChI=1S/C27H35N5O3S/c1-18-25(21-12-14-23(15-13-21)32-36(2,34)35)31-26(29-18)24(16-19-6-4-3-5-7-19)30-27(33)22-10-8-20(17-28)9-11-22/h3-7,12-15,20,22,24,32H,8-11,16-17,28H2,1-2H3,(H,29,31)(H,30,33)/t20?,22?,24-/m0/s1.